The third-order valence-corrected chi connectivity index (χ3v) is 2.64. The number of hydrogen-bond donors (Lipinski definition) is 1. The van der Waals surface area contributed by atoms with Crippen LogP contribution in [0.3, 0.4) is 0 Å². The molecule has 0 amide bonds. The first-order valence-corrected chi connectivity index (χ1v) is 4.66. The molecule has 1 aliphatic rings. The molecule has 0 aromatic heterocycles. The van der Waals surface area contributed by atoms with Crippen LogP contribution in [0.2, 0.25) is 5.02 Å². The molecular weight excluding hydrogens is 205 g/mol. The van der Waals surface area contributed by atoms with Crippen molar-refractivity contribution in [3.05, 3.63) is 34.9 Å². The molecule has 1 nitrogen and oxygen atoms in total. The number of benzene rings is 1. The summed E-state index contributed by atoms with van der Waals surface area (Å²) in [7, 11) is 0. The van der Waals surface area contributed by atoms with Crippen molar-refractivity contribution in [1.29, 1.82) is 0 Å². The fourth-order valence-electron chi connectivity index (χ4n) is 1.41. The van der Waals surface area contributed by atoms with Gasteiger partial charge in [-0.1, -0.05) is 23.7 Å². The molecule has 0 unspecified atom stereocenters. The van der Waals surface area contributed by atoms with E-state index in [-0.39, 0.29) is 18.4 Å². The van der Waals surface area contributed by atoms with Gasteiger partial charge in [-0.25, -0.2) is 0 Å². The highest BCUT2D eigenvalue weighted by molar-refractivity contribution is 6.30. The van der Waals surface area contributed by atoms with Crippen molar-refractivity contribution in [3.8, 4) is 0 Å². The molecule has 2 N–H and O–H groups in total. The zero-order valence-electron chi connectivity index (χ0n) is 7.24. The van der Waals surface area contributed by atoms with Crippen LogP contribution >= 0.6 is 24.0 Å². The minimum Gasteiger partial charge on any atom is -0.324 e. The predicted octanol–water partition coefficient (Wildman–Crippen LogP) is 3.17. The Labute approximate surface area is 89.7 Å². The average molecular weight is 218 g/mol. The van der Waals surface area contributed by atoms with Gasteiger partial charge in [0, 0.05) is 11.1 Å². The summed E-state index contributed by atoms with van der Waals surface area (Å²) in [6, 6.07) is 8.07. The molecule has 0 spiro atoms. The van der Waals surface area contributed by atoms with Gasteiger partial charge in [0.1, 0.15) is 0 Å². The normalized spacial score (nSPS) is 17.7. The second-order valence-corrected chi connectivity index (χ2v) is 3.85. The van der Waals surface area contributed by atoms with Crippen molar-refractivity contribution in [3.63, 3.8) is 0 Å². The van der Waals surface area contributed by atoms with Crippen LogP contribution in [-0.2, 0) is 0 Å². The lowest BCUT2D eigenvalue weighted by Gasteiger charge is -2.09. The van der Waals surface area contributed by atoms with Crippen LogP contribution < -0.4 is 5.73 Å². The van der Waals surface area contributed by atoms with Crippen LogP contribution in [0.1, 0.15) is 24.4 Å². The highest BCUT2D eigenvalue weighted by Crippen LogP contribution is 2.39. The zero-order chi connectivity index (χ0) is 8.55. The van der Waals surface area contributed by atoms with Gasteiger partial charge in [0.05, 0.1) is 0 Å². The largest absolute Gasteiger partial charge is 0.324 e. The van der Waals surface area contributed by atoms with Crippen LogP contribution in [-0.4, -0.2) is 0 Å². The summed E-state index contributed by atoms with van der Waals surface area (Å²) in [5.74, 6) is 0.714. The van der Waals surface area contributed by atoms with Crippen LogP contribution in [0.5, 0.6) is 0 Å². The number of nitrogens with two attached hydrogens (primary N) is 1. The molecule has 1 saturated carbocycles. The van der Waals surface area contributed by atoms with Gasteiger partial charge in [-0.2, -0.15) is 0 Å². The first-order valence-electron chi connectivity index (χ1n) is 4.28. The standard InChI is InChI=1S/C10H12ClN.ClH/c11-9-5-3-8(4-6-9)10(12)7-1-2-7;/h3-7,10H,1-2,12H2;1H/t10-;/m1./s1. The fraction of sp³-hybridized carbons (Fsp3) is 0.400. The topological polar surface area (TPSA) is 26.0 Å². The van der Waals surface area contributed by atoms with E-state index in [1.165, 1.54) is 18.4 Å². The molecule has 0 heterocycles. The Morgan fingerprint density at radius 3 is 2.23 bits per heavy atom. The van der Waals surface area contributed by atoms with E-state index in [1.54, 1.807) is 0 Å². The van der Waals surface area contributed by atoms with Gasteiger partial charge in [-0.15, -0.1) is 12.4 Å². The van der Waals surface area contributed by atoms with E-state index in [2.05, 4.69) is 0 Å². The van der Waals surface area contributed by atoms with Crippen molar-refractivity contribution >= 4 is 24.0 Å². The zero-order valence-corrected chi connectivity index (χ0v) is 8.81. The summed E-state index contributed by atoms with van der Waals surface area (Å²) in [5, 5.41) is 0.779. The summed E-state index contributed by atoms with van der Waals surface area (Å²) >= 11 is 5.77. The molecular formula is C10H13Cl2N. The Morgan fingerprint density at radius 2 is 1.77 bits per heavy atom. The quantitative estimate of drug-likeness (QED) is 0.810. The lowest BCUT2D eigenvalue weighted by Crippen LogP contribution is -2.11. The summed E-state index contributed by atoms with van der Waals surface area (Å²) < 4.78 is 0. The van der Waals surface area contributed by atoms with Crippen LogP contribution in [0.4, 0.5) is 0 Å². The molecule has 3 heteroatoms. The molecule has 1 aromatic carbocycles. The molecule has 0 radical (unpaired) electrons. The second-order valence-electron chi connectivity index (χ2n) is 3.41. The smallest absolute Gasteiger partial charge is 0.0406 e. The van der Waals surface area contributed by atoms with E-state index in [9.17, 15) is 0 Å². The lowest BCUT2D eigenvalue weighted by molar-refractivity contribution is 0.633. The number of hydrogen-bond acceptors (Lipinski definition) is 1. The summed E-state index contributed by atoms with van der Waals surface area (Å²) in [6.45, 7) is 0. The van der Waals surface area contributed by atoms with Gasteiger partial charge in [0.25, 0.3) is 0 Å². The SMILES string of the molecule is Cl.N[C@@H](c1ccc(Cl)cc1)C1CC1. The van der Waals surface area contributed by atoms with E-state index in [1.807, 2.05) is 24.3 Å². The molecule has 1 aromatic rings. The van der Waals surface area contributed by atoms with E-state index in [4.69, 9.17) is 17.3 Å². The maximum Gasteiger partial charge on any atom is 0.0406 e. The molecule has 72 valence electrons. The maximum atomic E-state index is 6.01. The van der Waals surface area contributed by atoms with E-state index in [0.29, 0.717) is 5.92 Å². The third-order valence-electron chi connectivity index (χ3n) is 2.38. The first-order chi connectivity index (χ1) is 5.77. The first kappa shape index (κ1) is 10.8. The van der Waals surface area contributed by atoms with Gasteiger partial charge < -0.3 is 5.73 Å². The Hall–Kier alpha value is -0.240. The average Bonchev–Trinajstić information content (AvgIpc) is 2.87. The highest BCUT2D eigenvalue weighted by atomic mass is 35.5. The lowest BCUT2D eigenvalue weighted by atomic mass is 10.0. The van der Waals surface area contributed by atoms with E-state index in [0.717, 1.165) is 5.02 Å². The van der Waals surface area contributed by atoms with Crippen molar-refractivity contribution in [1.82, 2.24) is 0 Å². The van der Waals surface area contributed by atoms with Gasteiger partial charge in [-0.3, -0.25) is 0 Å². The summed E-state index contributed by atoms with van der Waals surface area (Å²) in [5.41, 5.74) is 7.22. The van der Waals surface area contributed by atoms with Crippen molar-refractivity contribution in [2.75, 3.05) is 0 Å². The van der Waals surface area contributed by atoms with Crippen LogP contribution in [0.15, 0.2) is 24.3 Å². The fourth-order valence-corrected chi connectivity index (χ4v) is 1.54. The van der Waals surface area contributed by atoms with Crippen LogP contribution in [0.25, 0.3) is 0 Å². The summed E-state index contributed by atoms with van der Waals surface area (Å²) in [4.78, 5) is 0. The molecule has 1 fully saturated rings. The monoisotopic (exact) mass is 217 g/mol. The Balaban J connectivity index is 0.000000845. The minimum atomic E-state index is 0. The predicted molar refractivity (Wildman–Crippen MR) is 58.4 cm³/mol. The molecule has 0 bridgehead atoms. The molecule has 1 atom stereocenters. The third kappa shape index (κ3) is 2.60. The van der Waals surface area contributed by atoms with Crippen molar-refractivity contribution in [2.45, 2.75) is 18.9 Å². The molecule has 0 aliphatic heterocycles. The molecule has 2 rings (SSSR count). The molecule has 0 saturated heterocycles. The number of rotatable bonds is 2. The van der Waals surface area contributed by atoms with Gasteiger partial charge in [0.15, 0.2) is 0 Å². The highest BCUT2D eigenvalue weighted by Gasteiger charge is 2.29. The minimum absolute atomic E-state index is 0. The van der Waals surface area contributed by atoms with Gasteiger partial charge in [0.2, 0.25) is 0 Å². The molecule has 1 aliphatic carbocycles. The Kier molecular flexibility index (Phi) is 3.60. The van der Waals surface area contributed by atoms with Gasteiger partial charge in [-0.05, 0) is 36.5 Å². The number of halogens is 2. The van der Waals surface area contributed by atoms with E-state index >= 15 is 0 Å². The maximum absolute atomic E-state index is 6.01. The summed E-state index contributed by atoms with van der Waals surface area (Å²) in [6.07, 6.45) is 2.56. The Bertz CT molecular complexity index is 267. The molecule has 13 heavy (non-hydrogen) atoms. The van der Waals surface area contributed by atoms with Gasteiger partial charge >= 0.3 is 0 Å². The van der Waals surface area contributed by atoms with Crippen molar-refractivity contribution < 1.29 is 0 Å². The second kappa shape index (κ2) is 4.32. The van der Waals surface area contributed by atoms with Crippen LogP contribution in [0, 0.1) is 5.92 Å². The van der Waals surface area contributed by atoms with Crippen molar-refractivity contribution in [2.24, 2.45) is 11.7 Å². The van der Waals surface area contributed by atoms with E-state index < -0.39 is 0 Å². The Morgan fingerprint density at radius 1 is 1.23 bits per heavy atom.